The van der Waals surface area contributed by atoms with Crippen LogP contribution in [0.4, 0.5) is 13.2 Å². The molecule has 0 saturated carbocycles. The van der Waals surface area contributed by atoms with E-state index in [2.05, 4.69) is 44.5 Å². The molecule has 1 atom stereocenters. The van der Waals surface area contributed by atoms with Crippen molar-refractivity contribution in [2.75, 3.05) is 19.7 Å². The Hall–Kier alpha value is -2.12. The molecule has 1 unspecified atom stereocenters. The molecule has 0 aliphatic carbocycles. The fraction of sp³-hybridized carbons (Fsp3) is 0.600. The molecule has 3 rings (SSSR count). The van der Waals surface area contributed by atoms with E-state index in [0.717, 1.165) is 30.6 Å². The number of nitrogens with zero attached hydrogens (tertiary/aromatic N) is 5. The maximum Gasteiger partial charge on any atom is 0.421 e. The maximum absolute atomic E-state index is 13.0. The van der Waals surface area contributed by atoms with Gasteiger partial charge in [0.2, 0.25) is 5.88 Å². The van der Waals surface area contributed by atoms with Crippen LogP contribution in [0.25, 0.3) is 0 Å². The smallest absolute Gasteiger partial charge is 0.421 e. The molecule has 0 bridgehead atoms. The van der Waals surface area contributed by atoms with E-state index in [4.69, 9.17) is 4.74 Å². The van der Waals surface area contributed by atoms with Gasteiger partial charge in [-0.3, -0.25) is 0 Å². The molecule has 2 aromatic heterocycles. The van der Waals surface area contributed by atoms with Crippen LogP contribution in [0, 0.1) is 0 Å². The Balaban J connectivity index is 0.00000363. The minimum atomic E-state index is -4.51. The summed E-state index contributed by atoms with van der Waals surface area (Å²) in [7, 11) is 0. The molecule has 0 saturated heterocycles. The Kier molecular flexibility index (Phi) is 9.52. The van der Waals surface area contributed by atoms with Gasteiger partial charge < -0.3 is 15.4 Å². The van der Waals surface area contributed by atoms with Gasteiger partial charge in [0.1, 0.15) is 18.0 Å². The van der Waals surface area contributed by atoms with Crippen LogP contribution in [-0.2, 0) is 19.1 Å². The molecule has 32 heavy (non-hydrogen) atoms. The molecule has 178 valence electrons. The molecule has 2 N–H and O–H groups in total. The van der Waals surface area contributed by atoms with Crippen molar-refractivity contribution in [3.63, 3.8) is 0 Å². The summed E-state index contributed by atoms with van der Waals surface area (Å²) < 4.78 is 46.2. The largest absolute Gasteiger partial charge is 0.475 e. The molecule has 1 aliphatic rings. The summed E-state index contributed by atoms with van der Waals surface area (Å²) in [6.07, 6.45) is -1.54. The second kappa shape index (κ2) is 11.7. The van der Waals surface area contributed by atoms with Gasteiger partial charge in [0.05, 0.1) is 13.1 Å². The number of alkyl halides is 3. The molecule has 0 radical (unpaired) electrons. The van der Waals surface area contributed by atoms with Gasteiger partial charge in [-0.2, -0.15) is 18.3 Å². The van der Waals surface area contributed by atoms with Crippen LogP contribution < -0.4 is 15.4 Å². The van der Waals surface area contributed by atoms with Gasteiger partial charge >= 0.3 is 6.18 Å². The van der Waals surface area contributed by atoms with E-state index in [1.165, 1.54) is 12.3 Å². The quantitative estimate of drug-likeness (QED) is 0.231. The van der Waals surface area contributed by atoms with Crippen LogP contribution in [0.15, 0.2) is 23.3 Å². The minimum Gasteiger partial charge on any atom is -0.475 e. The van der Waals surface area contributed by atoms with Gasteiger partial charge in [-0.25, -0.2) is 19.6 Å². The number of aryl methyl sites for hydroxylation is 1. The average molecular weight is 567 g/mol. The Labute approximate surface area is 202 Å². The third-order valence-electron chi connectivity index (χ3n) is 4.75. The van der Waals surface area contributed by atoms with Gasteiger partial charge in [-0.1, -0.05) is 13.8 Å². The van der Waals surface area contributed by atoms with E-state index in [0.29, 0.717) is 19.0 Å². The number of hydrogen-bond acceptors (Lipinski definition) is 5. The number of nitrogens with one attached hydrogen (secondary N) is 2. The van der Waals surface area contributed by atoms with Gasteiger partial charge in [0.15, 0.2) is 11.8 Å². The average Bonchev–Trinajstić information content (AvgIpc) is 3.15. The fourth-order valence-electron chi connectivity index (χ4n) is 3.23. The van der Waals surface area contributed by atoms with Crippen LogP contribution in [0.3, 0.4) is 0 Å². The number of halogens is 4. The first kappa shape index (κ1) is 26.1. The number of aliphatic imine (C=N–C) groups is 1. The monoisotopic (exact) mass is 567 g/mol. The van der Waals surface area contributed by atoms with Crippen LogP contribution >= 0.6 is 24.0 Å². The third-order valence-corrected chi connectivity index (χ3v) is 4.75. The topological polar surface area (TPSA) is 89.2 Å². The molecule has 3 heterocycles. The van der Waals surface area contributed by atoms with E-state index in [1.54, 1.807) is 0 Å². The lowest BCUT2D eigenvalue weighted by Gasteiger charge is -2.25. The molecule has 0 spiro atoms. The van der Waals surface area contributed by atoms with Crippen molar-refractivity contribution in [2.45, 2.75) is 58.3 Å². The highest BCUT2D eigenvalue weighted by Gasteiger charge is 2.35. The zero-order valence-corrected chi connectivity index (χ0v) is 20.6. The van der Waals surface area contributed by atoms with Crippen molar-refractivity contribution in [3.8, 4) is 5.88 Å². The molecule has 8 nitrogen and oxygen atoms in total. The zero-order valence-electron chi connectivity index (χ0n) is 18.3. The van der Waals surface area contributed by atoms with E-state index in [-0.39, 0.29) is 49.1 Å². The third kappa shape index (κ3) is 6.94. The van der Waals surface area contributed by atoms with Crippen molar-refractivity contribution in [3.05, 3.63) is 35.5 Å². The SMILES string of the molecule is CCNC(=NCCOc1ncccc1C(F)(F)F)NC1CCc2nc(C(C)C)nn2C1.I. The van der Waals surface area contributed by atoms with Gasteiger partial charge in [-0.15, -0.1) is 24.0 Å². The number of fused-ring (bicyclic) bond motifs is 1. The van der Waals surface area contributed by atoms with Crippen molar-refractivity contribution in [1.29, 1.82) is 0 Å². The number of ether oxygens (including phenoxy) is 1. The number of guanidine groups is 1. The zero-order chi connectivity index (χ0) is 22.4. The number of rotatable bonds is 7. The van der Waals surface area contributed by atoms with Crippen LogP contribution in [0.2, 0.25) is 0 Å². The summed E-state index contributed by atoms with van der Waals surface area (Å²) in [4.78, 5) is 12.7. The highest BCUT2D eigenvalue weighted by Crippen LogP contribution is 2.34. The molecule has 12 heteroatoms. The van der Waals surface area contributed by atoms with E-state index in [9.17, 15) is 13.2 Å². The normalized spacial score (nSPS) is 16.3. The fourth-order valence-corrected chi connectivity index (χ4v) is 3.23. The Morgan fingerprint density at radius 1 is 1.38 bits per heavy atom. The predicted molar refractivity (Wildman–Crippen MR) is 125 cm³/mol. The van der Waals surface area contributed by atoms with Gasteiger partial charge in [0.25, 0.3) is 0 Å². The maximum atomic E-state index is 13.0. The molecule has 0 fully saturated rings. The molecular weight excluding hydrogens is 538 g/mol. The molecule has 0 aromatic carbocycles. The first-order chi connectivity index (χ1) is 14.8. The first-order valence-corrected chi connectivity index (χ1v) is 10.4. The predicted octanol–water partition coefficient (Wildman–Crippen LogP) is 3.38. The summed E-state index contributed by atoms with van der Waals surface area (Å²) >= 11 is 0. The minimum absolute atomic E-state index is 0. The highest BCUT2D eigenvalue weighted by molar-refractivity contribution is 14.0. The van der Waals surface area contributed by atoms with Gasteiger partial charge in [0, 0.05) is 31.1 Å². The number of hydrogen-bond donors (Lipinski definition) is 2. The summed E-state index contributed by atoms with van der Waals surface area (Å²) in [5, 5.41) is 11.1. The molecule has 0 amide bonds. The standard InChI is InChI=1S/C20H28F3N7O.HI/c1-4-24-19(26-10-11-31-18-15(20(21,22)23)6-5-9-25-18)27-14-7-8-16-28-17(13(2)3)29-30(16)12-14;/h5-6,9,13-14H,4,7-8,10-12H2,1-3H3,(H2,24,26,27);1H. The molecule has 2 aromatic rings. The van der Waals surface area contributed by atoms with Gasteiger partial charge in [-0.05, 0) is 25.5 Å². The van der Waals surface area contributed by atoms with Crippen molar-refractivity contribution < 1.29 is 17.9 Å². The Morgan fingerprint density at radius 2 is 2.16 bits per heavy atom. The Bertz CT molecular complexity index is 902. The second-order valence-electron chi connectivity index (χ2n) is 7.57. The lowest BCUT2D eigenvalue weighted by molar-refractivity contribution is -0.139. The summed E-state index contributed by atoms with van der Waals surface area (Å²) in [6.45, 7) is 7.58. The lowest BCUT2D eigenvalue weighted by Crippen LogP contribution is -2.47. The van der Waals surface area contributed by atoms with Crippen LogP contribution in [0.1, 0.15) is 50.3 Å². The van der Waals surface area contributed by atoms with Crippen LogP contribution in [-0.4, -0.2) is 51.4 Å². The van der Waals surface area contributed by atoms with Crippen molar-refractivity contribution in [1.82, 2.24) is 30.4 Å². The van der Waals surface area contributed by atoms with E-state index in [1.807, 2.05) is 11.6 Å². The van der Waals surface area contributed by atoms with E-state index < -0.39 is 17.6 Å². The lowest BCUT2D eigenvalue weighted by atomic mass is 10.1. The van der Waals surface area contributed by atoms with Crippen molar-refractivity contribution in [2.24, 2.45) is 4.99 Å². The number of aromatic nitrogens is 4. The van der Waals surface area contributed by atoms with Crippen molar-refractivity contribution >= 4 is 29.9 Å². The Morgan fingerprint density at radius 3 is 2.84 bits per heavy atom. The molecular formula is C20H29F3IN7O. The first-order valence-electron chi connectivity index (χ1n) is 10.4. The highest BCUT2D eigenvalue weighted by atomic mass is 127. The van der Waals surface area contributed by atoms with Crippen LogP contribution in [0.5, 0.6) is 5.88 Å². The summed E-state index contributed by atoms with van der Waals surface area (Å²) in [5.41, 5.74) is -0.893. The van der Waals surface area contributed by atoms with E-state index >= 15 is 0 Å². The summed E-state index contributed by atoms with van der Waals surface area (Å²) in [6, 6.07) is 2.31. The second-order valence-corrected chi connectivity index (χ2v) is 7.57. The number of pyridine rings is 1. The molecule has 1 aliphatic heterocycles. The summed E-state index contributed by atoms with van der Waals surface area (Å²) in [5.74, 6) is 2.27.